The molecule has 1 aromatic rings. The number of nitrogens with zero attached hydrogens (tertiary/aromatic N) is 3. The molecule has 30 heavy (non-hydrogen) atoms. The van der Waals surface area contributed by atoms with E-state index in [0.717, 1.165) is 51.0 Å². The fourth-order valence-corrected chi connectivity index (χ4v) is 5.47. The summed E-state index contributed by atoms with van der Waals surface area (Å²) < 4.78 is 0. The molecule has 3 rings (SSSR count). The minimum Gasteiger partial charge on any atom is -0.350 e. The highest BCUT2D eigenvalue weighted by molar-refractivity contribution is 7.16. The summed E-state index contributed by atoms with van der Waals surface area (Å²) in [6.07, 6.45) is 3.02. The zero-order valence-electron chi connectivity index (χ0n) is 18.5. The topological polar surface area (TPSA) is 88.5 Å². The van der Waals surface area contributed by atoms with E-state index in [0.29, 0.717) is 29.6 Å². The van der Waals surface area contributed by atoms with Gasteiger partial charge in [-0.2, -0.15) is 5.26 Å². The number of hydrogen-bond acceptors (Lipinski definition) is 6. The first kappa shape index (κ1) is 22.7. The van der Waals surface area contributed by atoms with E-state index in [-0.39, 0.29) is 17.4 Å². The molecule has 0 saturated carbocycles. The fraction of sp³-hybridized carbons (Fsp3) is 0.682. The first-order valence-corrected chi connectivity index (χ1v) is 11.6. The number of fused-ring (bicyclic) bond motifs is 1. The van der Waals surface area contributed by atoms with Gasteiger partial charge in [0.05, 0.1) is 18.7 Å². The normalized spacial score (nSPS) is 20.3. The Bertz CT molecular complexity index is 828. The summed E-state index contributed by atoms with van der Waals surface area (Å²) in [4.78, 5) is 30.2. The van der Waals surface area contributed by atoms with Crippen LogP contribution >= 0.6 is 11.3 Å². The molecule has 1 atom stereocenters. The van der Waals surface area contributed by atoms with Crippen molar-refractivity contribution in [3.05, 3.63) is 16.0 Å². The molecule has 7 nitrogen and oxygen atoms in total. The number of anilines is 1. The number of nitrogens with one attached hydrogen (secondary N) is 2. The highest BCUT2D eigenvalue weighted by atomic mass is 32.1. The summed E-state index contributed by atoms with van der Waals surface area (Å²) in [5.74, 6) is 0.596. The SMILES string of the molecule is C[C@H]1CCc2c(sc(NC(=O)CN3CCN(CC(=O)NC(C)(C)C)CC3)c2C#N)C1. The number of nitriles is 1. The summed E-state index contributed by atoms with van der Waals surface area (Å²) in [6.45, 7) is 11.9. The Morgan fingerprint density at radius 2 is 1.73 bits per heavy atom. The predicted octanol–water partition coefficient (Wildman–Crippen LogP) is 2.22. The molecule has 2 aliphatic rings. The van der Waals surface area contributed by atoms with Crippen molar-refractivity contribution in [2.75, 3.05) is 44.6 Å². The Balaban J connectivity index is 1.48. The quantitative estimate of drug-likeness (QED) is 0.746. The van der Waals surface area contributed by atoms with Gasteiger partial charge in [-0.1, -0.05) is 6.92 Å². The highest BCUT2D eigenvalue weighted by Crippen LogP contribution is 2.39. The van der Waals surface area contributed by atoms with Gasteiger partial charge in [0, 0.05) is 36.6 Å². The van der Waals surface area contributed by atoms with Gasteiger partial charge in [0.25, 0.3) is 0 Å². The zero-order valence-corrected chi connectivity index (χ0v) is 19.3. The largest absolute Gasteiger partial charge is 0.350 e. The number of thiophene rings is 1. The molecule has 1 aliphatic heterocycles. The first-order chi connectivity index (χ1) is 14.1. The minimum atomic E-state index is -0.224. The van der Waals surface area contributed by atoms with E-state index < -0.39 is 0 Å². The van der Waals surface area contributed by atoms with Crippen LogP contribution < -0.4 is 10.6 Å². The second-order valence-corrected chi connectivity index (χ2v) is 10.7. The third-order valence-corrected chi connectivity index (χ3v) is 6.76. The molecule has 2 N–H and O–H groups in total. The van der Waals surface area contributed by atoms with Crippen LogP contribution in [0.2, 0.25) is 0 Å². The summed E-state index contributed by atoms with van der Waals surface area (Å²) in [5, 5.41) is 16.3. The van der Waals surface area contributed by atoms with Crippen LogP contribution in [-0.2, 0) is 22.4 Å². The Labute approximate surface area is 183 Å². The summed E-state index contributed by atoms with van der Waals surface area (Å²) >= 11 is 1.57. The molecule has 0 bridgehead atoms. The lowest BCUT2D eigenvalue weighted by Gasteiger charge is -2.34. The van der Waals surface area contributed by atoms with Crippen molar-refractivity contribution in [2.45, 2.75) is 52.5 Å². The van der Waals surface area contributed by atoms with Crippen molar-refractivity contribution in [3.63, 3.8) is 0 Å². The van der Waals surface area contributed by atoms with Crippen molar-refractivity contribution in [2.24, 2.45) is 5.92 Å². The Kier molecular flexibility index (Phi) is 7.17. The maximum absolute atomic E-state index is 12.6. The molecule has 1 fully saturated rings. The number of carbonyl (C=O) groups is 2. The number of carbonyl (C=O) groups excluding carboxylic acids is 2. The molecule has 1 aromatic heterocycles. The second kappa shape index (κ2) is 9.46. The van der Waals surface area contributed by atoms with Crippen LogP contribution in [0.15, 0.2) is 0 Å². The summed E-state index contributed by atoms with van der Waals surface area (Å²) in [5.41, 5.74) is 1.57. The van der Waals surface area contributed by atoms with E-state index >= 15 is 0 Å². The van der Waals surface area contributed by atoms with E-state index in [4.69, 9.17) is 0 Å². The molecule has 2 heterocycles. The van der Waals surface area contributed by atoms with Gasteiger partial charge in [-0.15, -0.1) is 11.3 Å². The van der Waals surface area contributed by atoms with Crippen molar-refractivity contribution in [1.82, 2.24) is 15.1 Å². The van der Waals surface area contributed by atoms with Gasteiger partial charge in [0.1, 0.15) is 11.1 Å². The van der Waals surface area contributed by atoms with Crippen molar-refractivity contribution in [3.8, 4) is 6.07 Å². The molecule has 0 spiro atoms. The molecule has 1 saturated heterocycles. The Morgan fingerprint density at radius 1 is 1.13 bits per heavy atom. The van der Waals surface area contributed by atoms with Crippen LogP contribution in [0.5, 0.6) is 0 Å². The van der Waals surface area contributed by atoms with Crippen LogP contribution in [0.4, 0.5) is 5.00 Å². The van der Waals surface area contributed by atoms with E-state index in [2.05, 4.69) is 33.4 Å². The van der Waals surface area contributed by atoms with Crippen LogP contribution in [0, 0.1) is 17.2 Å². The average molecular weight is 432 g/mol. The average Bonchev–Trinajstić information content (AvgIpc) is 2.97. The van der Waals surface area contributed by atoms with E-state index in [9.17, 15) is 14.9 Å². The van der Waals surface area contributed by atoms with Gasteiger partial charge in [-0.3, -0.25) is 19.4 Å². The molecular weight excluding hydrogens is 398 g/mol. The van der Waals surface area contributed by atoms with Crippen molar-refractivity contribution in [1.29, 1.82) is 5.26 Å². The molecule has 1 aliphatic carbocycles. The lowest BCUT2D eigenvalue weighted by Crippen LogP contribution is -2.52. The lowest BCUT2D eigenvalue weighted by atomic mass is 9.89. The zero-order chi connectivity index (χ0) is 21.9. The smallest absolute Gasteiger partial charge is 0.239 e. The Morgan fingerprint density at radius 3 is 2.30 bits per heavy atom. The molecule has 8 heteroatoms. The summed E-state index contributed by atoms with van der Waals surface area (Å²) in [6, 6.07) is 2.31. The highest BCUT2D eigenvalue weighted by Gasteiger charge is 2.26. The molecule has 0 aromatic carbocycles. The number of hydrogen-bond donors (Lipinski definition) is 2. The van der Waals surface area contributed by atoms with Gasteiger partial charge in [0.15, 0.2) is 0 Å². The van der Waals surface area contributed by atoms with E-state index in [1.807, 2.05) is 20.8 Å². The van der Waals surface area contributed by atoms with Gasteiger partial charge in [-0.05, 0) is 51.5 Å². The maximum atomic E-state index is 12.6. The first-order valence-electron chi connectivity index (χ1n) is 10.7. The second-order valence-electron chi connectivity index (χ2n) is 9.57. The number of amides is 2. The lowest BCUT2D eigenvalue weighted by molar-refractivity contribution is -0.124. The third-order valence-electron chi connectivity index (χ3n) is 5.59. The van der Waals surface area contributed by atoms with Crippen molar-refractivity contribution < 1.29 is 9.59 Å². The number of piperazine rings is 1. The standard InChI is InChI=1S/C22H33N5O2S/c1-15-5-6-16-17(12-23)21(30-18(16)11-15)24-19(28)13-26-7-9-27(10-8-26)14-20(29)25-22(2,3)4/h15H,5-11,13-14H2,1-4H3,(H,24,28)(H,25,29)/t15-/m0/s1. The molecule has 2 amide bonds. The van der Waals surface area contributed by atoms with E-state index in [1.54, 1.807) is 11.3 Å². The minimum absolute atomic E-state index is 0.0358. The fourth-order valence-electron chi connectivity index (χ4n) is 4.09. The summed E-state index contributed by atoms with van der Waals surface area (Å²) in [7, 11) is 0. The van der Waals surface area contributed by atoms with Crippen LogP contribution in [0.3, 0.4) is 0 Å². The van der Waals surface area contributed by atoms with Crippen molar-refractivity contribution >= 4 is 28.2 Å². The van der Waals surface area contributed by atoms with Crippen LogP contribution in [0.25, 0.3) is 0 Å². The van der Waals surface area contributed by atoms with Gasteiger partial charge in [0.2, 0.25) is 11.8 Å². The van der Waals surface area contributed by atoms with Gasteiger partial charge < -0.3 is 10.6 Å². The van der Waals surface area contributed by atoms with E-state index in [1.165, 1.54) is 4.88 Å². The maximum Gasteiger partial charge on any atom is 0.239 e. The molecule has 164 valence electrons. The number of rotatable bonds is 5. The van der Waals surface area contributed by atoms with Gasteiger partial charge in [-0.25, -0.2) is 0 Å². The molecule has 0 radical (unpaired) electrons. The third kappa shape index (κ3) is 6.03. The Hall–Kier alpha value is -1.95. The van der Waals surface area contributed by atoms with Gasteiger partial charge >= 0.3 is 0 Å². The van der Waals surface area contributed by atoms with Crippen LogP contribution in [-0.4, -0.2) is 66.4 Å². The molecule has 0 unspecified atom stereocenters. The molecular formula is C22H33N5O2S. The van der Waals surface area contributed by atoms with Crippen LogP contribution in [0.1, 0.15) is 50.1 Å². The monoisotopic (exact) mass is 431 g/mol. The predicted molar refractivity (Wildman–Crippen MR) is 120 cm³/mol.